The second-order valence-corrected chi connectivity index (χ2v) is 6.13. The summed E-state index contributed by atoms with van der Waals surface area (Å²) in [5, 5.41) is 3.48. The van der Waals surface area contributed by atoms with E-state index in [0.717, 1.165) is 17.9 Å². The summed E-state index contributed by atoms with van der Waals surface area (Å²) in [6, 6.07) is 10.0. The first-order valence-electron chi connectivity index (χ1n) is 6.32. The average Bonchev–Trinajstić information content (AvgIpc) is 2.35. The standard InChI is InChI=1S/C14H23NOS/c1-4-10-15-14(12(2)3)11-17(16)13-8-6-5-7-9-13/h5-9,12,14-15H,4,10-11H2,1-3H3. The number of rotatable bonds is 7. The molecule has 0 aliphatic carbocycles. The SMILES string of the molecule is CCCNC(CS(=O)c1ccccc1)C(C)C. The Kier molecular flexibility index (Phi) is 6.45. The molecule has 0 heterocycles. The van der Waals surface area contributed by atoms with E-state index in [1.165, 1.54) is 0 Å². The molecule has 0 aliphatic rings. The highest BCUT2D eigenvalue weighted by atomic mass is 32.2. The van der Waals surface area contributed by atoms with Gasteiger partial charge in [0.2, 0.25) is 0 Å². The molecule has 2 nitrogen and oxygen atoms in total. The Bertz CT molecular complexity index is 337. The first kappa shape index (κ1) is 14.4. The van der Waals surface area contributed by atoms with Gasteiger partial charge in [0, 0.05) is 16.7 Å². The molecule has 3 heteroatoms. The summed E-state index contributed by atoms with van der Waals surface area (Å²) >= 11 is 0. The van der Waals surface area contributed by atoms with Crippen molar-refractivity contribution in [2.24, 2.45) is 5.92 Å². The Hall–Kier alpha value is -0.670. The molecule has 17 heavy (non-hydrogen) atoms. The van der Waals surface area contributed by atoms with Crippen molar-refractivity contribution in [3.8, 4) is 0 Å². The molecule has 1 N–H and O–H groups in total. The second kappa shape index (κ2) is 7.62. The van der Waals surface area contributed by atoms with Crippen LogP contribution in [0.5, 0.6) is 0 Å². The molecular weight excluding hydrogens is 230 g/mol. The fourth-order valence-electron chi connectivity index (χ4n) is 1.65. The van der Waals surface area contributed by atoms with Gasteiger partial charge in [-0.15, -0.1) is 0 Å². The molecule has 0 aliphatic heterocycles. The van der Waals surface area contributed by atoms with E-state index in [9.17, 15) is 4.21 Å². The van der Waals surface area contributed by atoms with Crippen molar-refractivity contribution < 1.29 is 4.21 Å². The third kappa shape index (κ3) is 5.00. The maximum atomic E-state index is 12.2. The maximum absolute atomic E-state index is 12.2. The highest BCUT2D eigenvalue weighted by Gasteiger charge is 2.16. The molecule has 2 unspecified atom stereocenters. The lowest BCUT2D eigenvalue weighted by atomic mass is 10.1. The van der Waals surface area contributed by atoms with Crippen LogP contribution in [-0.2, 0) is 10.8 Å². The van der Waals surface area contributed by atoms with Crippen molar-refractivity contribution in [3.05, 3.63) is 30.3 Å². The first-order valence-corrected chi connectivity index (χ1v) is 7.63. The van der Waals surface area contributed by atoms with Gasteiger partial charge >= 0.3 is 0 Å². The van der Waals surface area contributed by atoms with Crippen LogP contribution in [0.1, 0.15) is 27.2 Å². The van der Waals surface area contributed by atoms with E-state index >= 15 is 0 Å². The first-order chi connectivity index (χ1) is 8.15. The van der Waals surface area contributed by atoms with Crippen molar-refractivity contribution in [1.29, 1.82) is 0 Å². The van der Waals surface area contributed by atoms with E-state index in [4.69, 9.17) is 0 Å². The van der Waals surface area contributed by atoms with Crippen molar-refractivity contribution >= 4 is 10.8 Å². The molecule has 0 amide bonds. The van der Waals surface area contributed by atoms with Crippen LogP contribution in [0.25, 0.3) is 0 Å². The molecule has 2 atom stereocenters. The summed E-state index contributed by atoms with van der Waals surface area (Å²) in [6.07, 6.45) is 1.11. The highest BCUT2D eigenvalue weighted by molar-refractivity contribution is 7.85. The Balaban J connectivity index is 2.58. The van der Waals surface area contributed by atoms with Crippen LogP contribution in [0.15, 0.2) is 35.2 Å². The van der Waals surface area contributed by atoms with Gasteiger partial charge in [0.05, 0.1) is 10.8 Å². The van der Waals surface area contributed by atoms with Crippen molar-refractivity contribution in [3.63, 3.8) is 0 Å². The second-order valence-electron chi connectivity index (χ2n) is 4.63. The smallest absolute Gasteiger partial charge is 0.0545 e. The molecule has 0 saturated carbocycles. The molecule has 96 valence electrons. The topological polar surface area (TPSA) is 29.1 Å². The van der Waals surface area contributed by atoms with Gasteiger partial charge in [0.15, 0.2) is 0 Å². The highest BCUT2D eigenvalue weighted by Crippen LogP contribution is 2.10. The van der Waals surface area contributed by atoms with Crippen LogP contribution in [-0.4, -0.2) is 22.5 Å². The molecule has 0 spiro atoms. The van der Waals surface area contributed by atoms with Crippen molar-refractivity contribution in [2.45, 2.75) is 38.1 Å². The van der Waals surface area contributed by atoms with Crippen LogP contribution in [0, 0.1) is 5.92 Å². The summed E-state index contributed by atoms with van der Waals surface area (Å²) < 4.78 is 12.2. The fraction of sp³-hybridized carbons (Fsp3) is 0.571. The number of hydrogen-bond acceptors (Lipinski definition) is 2. The largest absolute Gasteiger partial charge is 0.313 e. The van der Waals surface area contributed by atoms with Gasteiger partial charge in [0.1, 0.15) is 0 Å². The lowest BCUT2D eigenvalue weighted by Gasteiger charge is -2.21. The zero-order chi connectivity index (χ0) is 12.7. The molecule has 1 rings (SSSR count). The van der Waals surface area contributed by atoms with E-state index in [1.807, 2.05) is 30.3 Å². The van der Waals surface area contributed by atoms with Crippen LogP contribution >= 0.6 is 0 Å². The van der Waals surface area contributed by atoms with Crippen molar-refractivity contribution in [1.82, 2.24) is 5.32 Å². The molecule has 0 radical (unpaired) electrons. The fourth-order valence-corrected chi connectivity index (χ4v) is 3.13. The summed E-state index contributed by atoms with van der Waals surface area (Å²) in [5.41, 5.74) is 0. The Labute approximate surface area is 107 Å². The minimum absolute atomic E-state index is 0.330. The van der Waals surface area contributed by atoms with Gasteiger partial charge in [-0.2, -0.15) is 0 Å². The lowest BCUT2D eigenvalue weighted by molar-refractivity contribution is 0.431. The normalized spacial score (nSPS) is 14.8. The third-order valence-corrected chi connectivity index (χ3v) is 4.26. The molecule has 0 saturated heterocycles. The van der Waals surface area contributed by atoms with Crippen molar-refractivity contribution in [2.75, 3.05) is 12.3 Å². The van der Waals surface area contributed by atoms with Gasteiger partial charge in [-0.05, 0) is 31.0 Å². The van der Waals surface area contributed by atoms with E-state index in [-0.39, 0.29) is 0 Å². The Morgan fingerprint density at radius 1 is 1.24 bits per heavy atom. The minimum Gasteiger partial charge on any atom is -0.313 e. The maximum Gasteiger partial charge on any atom is 0.0545 e. The van der Waals surface area contributed by atoms with E-state index in [1.54, 1.807) is 0 Å². The monoisotopic (exact) mass is 253 g/mol. The van der Waals surface area contributed by atoms with Gasteiger partial charge < -0.3 is 5.32 Å². The minimum atomic E-state index is -0.900. The number of benzene rings is 1. The summed E-state index contributed by atoms with van der Waals surface area (Å²) in [4.78, 5) is 0.927. The van der Waals surface area contributed by atoms with Crippen LogP contribution in [0.2, 0.25) is 0 Å². The predicted octanol–water partition coefficient (Wildman–Crippen LogP) is 2.82. The van der Waals surface area contributed by atoms with Gasteiger partial charge in [0.25, 0.3) is 0 Å². The van der Waals surface area contributed by atoms with E-state index in [0.29, 0.717) is 17.7 Å². The molecule has 0 aromatic heterocycles. The average molecular weight is 253 g/mol. The number of hydrogen-bond donors (Lipinski definition) is 1. The Morgan fingerprint density at radius 3 is 2.41 bits per heavy atom. The Morgan fingerprint density at radius 2 is 1.88 bits per heavy atom. The lowest BCUT2D eigenvalue weighted by Crippen LogP contribution is -2.38. The van der Waals surface area contributed by atoms with Crippen LogP contribution in [0.4, 0.5) is 0 Å². The predicted molar refractivity (Wildman–Crippen MR) is 74.6 cm³/mol. The van der Waals surface area contributed by atoms with E-state index < -0.39 is 10.8 Å². The molecule has 0 bridgehead atoms. The molecular formula is C14H23NOS. The summed E-state index contributed by atoms with van der Waals surface area (Å²) in [6.45, 7) is 7.50. The van der Waals surface area contributed by atoms with Crippen LogP contribution < -0.4 is 5.32 Å². The zero-order valence-corrected chi connectivity index (χ0v) is 11.8. The summed E-state index contributed by atoms with van der Waals surface area (Å²) in [5.74, 6) is 1.20. The summed E-state index contributed by atoms with van der Waals surface area (Å²) in [7, 11) is -0.900. The number of nitrogens with one attached hydrogen (secondary N) is 1. The third-order valence-electron chi connectivity index (χ3n) is 2.80. The molecule has 1 aromatic rings. The molecule has 1 aromatic carbocycles. The molecule has 0 fully saturated rings. The zero-order valence-electron chi connectivity index (χ0n) is 11.0. The van der Waals surface area contributed by atoms with E-state index in [2.05, 4.69) is 26.1 Å². The van der Waals surface area contributed by atoms with Crippen LogP contribution in [0.3, 0.4) is 0 Å². The van der Waals surface area contributed by atoms with Gasteiger partial charge in [-0.25, -0.2) is 0 Å². The van der Waals surface area contributed by atoms with Gasteiger partial charge in [-0.3, -0.25) is 4.21 Å². The van der Waals surface area contributed by atoms with Gasteiger partial charge in [-0.1, -0.05) is 39.0 Å². The quantitative estimate of drug-likeness (QED) is 0.809.